The van der Waals surface area contributed by atoms with E-state index in [0.29, 0.717) is 13.1 Å². The molecule has 1 heterocycles. The Bertz CT molecular complexity index is 569. The fourth-order valence-electron chi connectivity index (χ4n) is 3.30. The lowest BCUT2D eigenvalue weighted by Crippen LogP contribution is -2.49. The van der Waals surface area contributed by atoms with Gasteiger partial charge in [0.15, 0.2) is 0 Å². The minimum absolute atomic E-state index is 0.0191. The maximum absolute atomic E-state index is 12.1. The monoisotopic (exact) mass is 318 g/mol. The lowest BCUT2D eigenvalue weighted by Gasteiger charge is -2.37. The number of benzene rings is 1. The van der Waals surface area contributed by atoms with Gasteiger partial charge in [-0.15, -0.1) is 0 Å². The first-order chi connectivity index (χ1) is 10.9. The molecule has 126 valence electrons. The summed E-state index contributed by atoms with van der Waals surface area (Å²) in [5, 5.41) is 0. The first-order valence-corrected chi connectivity index (χ1v) is 8.02. The molecule has 0 unspecified atom stereocenters. The molecule has 0 atom stereocenters. The van der Waals surface area contributed by atoms with Crippen molar-refractivity contribution in [1.29, 1.82) is 0 Å². The van der Waals surface area contributed by atoms with Crippen LogP contribution in [0.1, 0.15) is 29.5 Å². The summed E-state index contributed by atoms with van der Waals surface area (Å²) in [6.07, 6.45) is 0.358. The number of hydrogen-bond donors (Lipinski definition) is 2. The van der Waals surface area contributed by atoms with Crippen LogP contribution in [-0.2, 0) is 9.59 Å². The lowest BCUT2D eigenvalue weighted by atomic mass is 10.0. The molecule has 0 aliphatic carbocycles. The second kappa shape index (κ2) is 7.46. The fraction of sp³-hybridized carbons (Fsp3) is 0.529. The van der Waals surface area contributed by atoms with Crippen LogP contribution in [0, 0.1) is 20.8 Å². The molecule has 2 rings (SSSR count). The highest BCUT2D eigenvalue weighted by Gasteiger charge is 2.23. The van der Waals surface area contributed by atoms with Gasteiger partial charge in [0.05, 0.1) is 0 Å². The number of nitrogens with two attached hydrogens (primary N) is 1. The molecule has 2 amide bonds. The Kier molecular flexibility index (Phi) is 5.60. The van der Waals surface area contributed by atoms with Crippen molar-refractivity contribution in [3.05, 3.63) is 28.8 Å². The third kappa shape index (κ3) is 4.22. The van der Waals surface area contributed by atoms with Gasteiger partial charge in [0, 0.05) is 44.7 Å². The van der Waals surface area contributed by atoms with Gasteiger partial charge in [-0.2, -0.15) is 0 Å². The van der Waals surface area contributed by atoms with E-state index >= 15 is 0 Å². The maximum Gasteiger partial charge on any atom is 0.234 e. The van der Waals surface area contributed by atoms with Crippen LogP contribution >= 0.6 is 0 Å². The van der Waals surface area contributed by atoms with Gasteiger partial charge >= 0.3 is 0 Å². The van der Waals surface area contributed by atoms with Crippen LogP contribution in [0.4, 0.5) is 5.69 Å². The van der Waals surface area contributed by atoms with Gasteiger partial charge in [0.25, 0.3) is 0 Å². The number of nitrogens with one attached hydrogen (secondary N) is 1. The Morgan fingerprint density at radius 1 is 1.04 bits per heavy atom. The number of carbonyl (C=O) groups excluding carboxylic acids is 2. The van der Waals surface area contributed by atoms with E-state index in [1.807, 2.05) is 4.90 Å². The Morgan fingerprint density at radius 2 is 1.61 bits per heavy atom. The Hall–Kier alpha value is -2.08. The zero-order chi connectivity index (χ0) is 17.0. The number of rotatable bonds is 4. The summed E-state index contributed by atoms with van der Waals surface area (Å²) >= 11 is 0. The van der Waals surface area contributed by atoms with Crippen molar-refractivity contribution in [3.63, 3.8) is 0 Å². The van der Waals surface area contributed by atoms with Crippen molar-refractivity contribution < 1.29 is 9.59 Å². The molecular weight excluding hydrogens is 292 g/mol. The molecule has 23 heavy (non-hydrogen) atoms. The van der Waals surface area contributed by atoms with Crippen molar-refractivity contribution >= 4 is 17.5 Å². The van der Waals surface area contributed by atoms with Crippen molar-refractivity contribution in [2.24, 2.45) is 5.84 Å². The maximum atomic E-state index is 12.1. The van der Waals surface area contributed by atoms with Crippen LogP contribution in [0.2, 0.25) is 0 Å². The molecule has 1 saturated heterocycles. The summed E-state index contributed by atoms with van der Waals surface area (Å²) in [7, 11) is 0. The molecule has 0 bridgehead atoms. The second-order valence-corrected chi connectivity index (χ2v) is 6.18. The number of aryl methyl sites for hydroxylation is 3. The van der Waals surface area contributed by atoms with E-state index in [1.54, 1.807) is 0 Å². The lowest BCUT2D eigenvalue weighted by molar-refractivity contribution is -0.133. The van der Waals surface area contributed by atoms with E-state index < -0.39 is 0 Å². The number of piperazine rings is 1. The predicted molar refractivity (Wildman–Crippen MR) is 91.0 cm³/mol. The van der Waals surface area contributed by atoms with Crippen molar-refractivity contribution in [1.82, 2.24) is 10.3 Å². The number of hydrogen-bond acceptors (Lipinski definition) is 4. The molecule has 1 aliphatic heterocycles. The van der Waals surface area contributed by atoms with Crippen molar-refractivity contribution in [2.45, 2.75) is 33.6 Å². The van der Waals surface area contributed by atoms with Gasteiger partial charge in [-0.05, 0) is 31.9 Å². The van der Waals surface area contributed by atoms with Gasteiger partial charge in [0.2, 0.25) is 11.8 Å². The minimum Gasteiger partial charge on any atom is -0.368 e. The first kappa shape index (κ1) is 17.3. The van der Waals surface area contributed by atoms with Gasteiger partial charge in [-0.25, -0.2) is 5.84 Å². The quantitative estimate of drug-likeness (QED) is 0.494. The van der Waals surface area contributed by atoms with Gasteiger partial charge in [-0.1, -0.05) is 17.7 Å². The molecule has 0 saturated carbocycles. The third-order valence-electron chi connectivity index (χ3n) is 4.31. The Labute approximate surface area is 137 Å². The Morgan fingerprint density at radius 3 is 2.13 bits per heavy atom. The number of nitrogens with zero attached hydrogens (tertiary/aromatic N) is 2. The van der Waals surface area contributed by atoms with Crippen molar-refractivity contribution in [3.8, 4) is 0 Å². The Balaban J connectivity index is 1.94. The van der Waals surface area contributed by atoms with Gasteiger partial charge in [0.1, 0.15) is 0 Å². The molecule has 3 N–H and O–H groups in total. The average Bonchev–Trinajstić information content (AvgIpc) is 2.52. The van der Waals surface area contributed by atoms with E-state index in [-0.39, 0.29) is 24.7 Å². The summed E-state index contributed by atoms with van der Waals surface area (Å²) in [6.45, 7) is 9.40. The van der Waals surface area contributed by atoms with Gasteiger partial charge < -0.3 is 9.80 Å². The molecule has 0 spiro atoms. The summed E-state index contributed by atoms with van der Waals surface area (Å²) in [4.78, 5) is 27.4. The van der Waals surface area contributed by atoms with E-state index in [2.05, 4.69) is 43.2 Å². The summed E-state index contributed by atoms with van der Waals surface area (Å²) in [6, 6.07) is 4.40. The highest BCUT2D eigenvalue weighted by Crippen LogP contribution is 2.27. The average molecular weight is 318 g/mol. The van der Waals surface area contributed by atoms with Crippen LogP contribution in [-0.4, -0.2) is 42.9 Å². The zero-order valence-corrected chi connectivity index (χ0v) is 14.2. The van der Waals surface area contributed by atoms with E-state index in [1.165, 1.54) is 22.4 Å². The van der Waals surface area contributed by atoms with E-state index in [4.69, 9.17) is 5.84 Å². The van der Waals surface area contributed by atoms with E-state index in [9.17, 15) is 9.59 Å². The fourth-order valence-corrected chi connectivity index (χ4v) is 3.30. The van der Waals surface area contributed by atoms with Crippen LogP contribution in [0.5, 0.6) is 0 Å². The molecular formula is C17H26N4O2. The first-order valence-electron chi connectivity index (χ1n) is 8.02. The molecule has 6 nitrogen and oxygen atoms in total. The predicted octanol–water partition coefficient (Wildman–Crippen LogP) is 1.03. The van der Waals surface area contributed by atoms with Gasteiger partial charge in [-0.3, -0.25) is 15.0 Å². The molecule has 0 aromatic heterocycles. The number of hydrazine groups is 1. The molecule has 6 heteroatoms. The summed E-state index contributed by atoms with van der Waals surface area (Å²) in [5.41, 5.74) is 7.17. The van der Waals surface area contributed by atoms with E-state index in [0.717, 1.165) is 13.1 Å². The van der Waals surface area contributed by atoms with Crippen LogP contribution in [0.3, 0.4) is 0 Å². The molecule has 1 aromatic rings. The van der Waals surface area contributed by atoms with Crippen molar-refractivity contribution in [2.75, 3.05) is 31.1 Å². The van der Waals surface area contributed by atoms with Crippen LogP contribution in [0.25, 0.3) is 0 Å². The highest BCUT2D eigenvalue weighted by atomic mass is 16.2. The van der Waals surface area contributed by atoms with Crippen LogP contribution in [0.15, 0.2) is 12.1 Å². The molecule has 1 fully saturated rings. The number of carbonyl (C=O) groups is 2. The number of anilines is 1. The second-order valence-electron chi connectivity index (χ2n) is 6.18. The zero-order valence-electron chi connectivity index (χ0n) is 14.2. The largest absolute Gasteiger partial charge is 0.368 e. The third-order valence-corrected chi connectivity index (χ3v) is 4.31. The highest BCUT2D eigenvalue weighted by molar-refractivity contribution is 5.83. The molecule has 1 aliphatic rings. The summed E-state index contributed by atoms with van der Waals surface area (Å²) < 4.78 is 0. The molecule has 0 radical (unpaired) electrons. The minimum atomic E-state index is -0.303. The molecule has 1 aromatic carbocycles. The topological polar surface area (TPSA) is 78.7 Å². The summed E-state index contributed by atoms with van der Waals surface area (Å²) in [5.74, 6) is 4.74. The normalized spacial score (nSPS) is 14.8. The standard InChI is InChI=1S/C17H26N4O2/c1-12-10-13(2)17(14(3)11-12)21-8-6-20(7-9-21)16(23)5-4-15(22)19-18/h10-11H,4-9,18H2,1-3H3,(H,19,22). The smallest absolute Gasteiger partial charge is 0.234 e. The SMILES string of the molecule is Cc1cc(C)c(N2CCN(C(=O)CCC(=O)NN)CC2)c(C)c1. The van der Waals surface area contributed by atoms with Crippen LogP contribution < -0.4 is 16.2 Å². The number of amides is 2.